The molecule has 0 amide bonds. The van der Waals surface area contributed by atoms with Gasteiger partial charge in [0.05, 0.1) is 5.60 Å². The second kappa shape index (κ2) is 5.49. The smallest absolute Gasteiger partial charge is 0.123 e. The van der Waals surface area contributed by atoms with Crippen LogP contribution in [0.1, 0.15) is 18.1 Å². The summed E-state index contributed by atoms with van der Waals surface area (Å²) < 4.78 is 12.9. The zero-order valence-corrected chi connectivity index (χ0v) is 11.8. The van der Waals surface area contributed by atoms with Crippen molar-refractivity contribution in [2.75, 3.05) is 0 Å². The molecule has 100 valence electrons. The van der Waals surface area contributed by atoms with Gasteiger partial charge < -0.3 is 5.11 Å². The second-order valence-corrected chi connectivity index (χ2v) is 5.47. The van der Waals surface area contributed by atoms with Crippen molar-refractivity contribution in [2.24, 2.45) is 0 Å². The topological polar surface area (TPSA) is 20.2 Å². The largest absolute Gasteiger partial charge is 0.385 e. The van der Waals surface area contributed by atoms with E-state index in [4.69, 9.17) is 23.2 Å². The van der Waals surface area contributed by atoms with Gasteiger partial charge in [-0.1, -0.05) is 41.4 Å². The number of aliphatic hydroxyl groups is 1. The normalized spacial score (nSPS) is 14.2. The number of halogens is 3. The van der Waals surface area contributed by atoms with Gasteiger partial charge in [-0.05, 0) is 42.3 Å². The van der Waals surface area contributed by atoms with Crippen LogP contribution in [0.25, 0.3) is 0 Å². The Hall–Kier alpha value is -1.09. The first-order chi connectivity index (χ1) is 8.90. The monoisotopic (exact) mass is 298 g/mol. The van der Waals surface area contributed by atoms with Gasteiger partial charge >= 0.3 is 0 Å². The van der Waals surface area contributed by atoms with Crippen molar-refractivity contribution < 1.29 is 9.50 Å². The second-order valence-electron chi connectivity index (χ2n) is 4.66. The SMILES string of the molecule is CC(O)(Cc1c(Cl)cccc1Cl)c1ccc(F)cc1. The zero-order chi connectivity index (χ0) is 14.0. The molecule has 2 aromatic rings. The standard InChI is InChI=1S/C15H13Cl2FO/c1-15(19,10-5-7-11(18)8-6-10)9-12-13(16)3-2-4-14(12)17/h2-8,19H,9H2,1H3. The van der Waals surface area contributed by atoms with E-state index in [0.29, 0.717) is 21.2 Å². The Bertz CT molecular complexity index is 559. The summed E-state index contributed by atoms with van der Waals surface area (Å²) in [4.78, 5) is 0. The van der Waals surface area contributed by atoms with Crippen LogP contribution in [-0.2, 0) is 12.0 Å². The van der Waals surface area contributed by atoms with E-state index in [-0.39, 0.29) is 12.2 Å². The Morgan fingerprint density at radius 2 is 1.58 bits per heavy atom. The van der Waals surface area contributed by atoms with Crippen molar-refractivity contribution in [2.45, 2.75) is 18.9 Å². The van der Waals surface area contributed by atoms with Gasteiger partial charge in [0.15, 0.2) is 0 Å². The summed E-state index contributed by atoms with van der Waals surface area (Å²) in [6.45, 7) is 1.65. The fourth-order valence-electron chi connectivity index (χ4n) is 1.96. The molecule has 0 aromatic heterocycles. The fourth-order valence-corrected chi connectivity index (χ4v) is 2.49. The lowest BCUT2D eigenvalue weighted by Crippen LogP contribution is -2.24. The van der Waals surface area contributed by atoms with Gasteiger partial charge in [0, 0.05) is 16.5 Å². The molecule has 1 N–H and O–H groups in total. The molecule has 2 rings (SSSR count). The van der Waals surface area contributed by atoms with Gasteiger partial charge in [0.25, 0.3) is 0 Å². The van der Waals surface area contributed by atoms with Gasteiger partial charge in [-0.25, -0.2) is 4.39 Å². The zero-order valence-electron chi connectivity index (χ0n) is 10.3. The highest BCUT2D eigenvalue weighted by atomic mass is 35.5. The Balaban J connectivity index is 2.33. The van der Waals surface area contributed by atoms with Crippen molar-refractivity contribution in [1.29, 1.82) is 0 Å². The molecule has 4 heteroatoms. The first-order valence-electron chi connectivity index (χ1n) is 5.81. The summed E-state index contributed by atoms with van der Waals surface area (Å²) in [6.07, 6.45) is 0.261. The van der Waals surface area contributed by atoms with E-state index >= 15 is 0 Å². The molecule has 19 heavy (non-hydrogen) atoms. The molecule has 1 nitrogen and oxygen atoms in total. The molecular weight excluding hydrogens is 286 g/mol. The van der Waals surface area contributed by atoms with E-state index in [1.54, 1.807) is 37.3 Å². The summed E-state index contributed by atoms with van der Waals surface area (Å²) in [5.41, 5.74) is 0.132. The van der Waals surface area contributed by atoms with Crippen molar-refractivity contribution in [3.05, 3.63) is 69.5 Å². The maximum atomic E-state index is 12.9. The summed E-state index contributed by atoms with van der Waals surface area (Å²) in [7, 11) is 0. The Morgan fingerprint density at radius 3 is 2.11 bits per heavy atom. The minimum atomic E-state index is -1.16. The molecule has 0 radical (unpaired) electrons. The predicted molar refractivity (Wildman–Crippen MR) is 76.1 cm³/mol. The molecule has 0 saturated heterocycles. The van der Waals surface area contributed by atoms with Crippen LogP contribution in [0.2, 0.25) is 10.0 Å². The Labute approximate surface area is 121 Å². The Kier molecular flexibility index (Phi) is 4.14. The maximum absolute atomic E-state index is 12.9. The molecule has 0 fully saturated rings. The van der Waals surface area contributed by atoms with Crippen LogP contribution in [0.15, 0.2) is 42.5 Å². The van der Waals surface area contributed by atoms with E-state index in [1.165, 1.54) is 12.1 Å². The lowest BCUT2D eigenvalue weighted by atomic mass is 9.89. The molecular formula is C15H13Cl2FO. The highest BCUT2D eigenvalue weighted by Gasteiger charge is 2.25. The van der Waals surface area contributed by atoms with Gasteiger partial charge in [-0.2, -0.15) is 0 Å². The molecule has 0 bridgehead atoms. The summed E-state index contributed by atoms with van der Waals surface area (Å²) in [6, 6.07) is 10.9. The van der Waals surface area contributed by atoms with Crippen LogP contribution in [-0.4, -0.2) is 5.11 Å². The van der Waals surface area contributed by atoms with Crippen molar-refractivity contribution in [3.8, 4) is 0 Å². The third kappa shape index (κ3) is 3.27. The number of hydrogen-bond acceptors (Lipinski definition) is 1. The molecule has 0 spiro atoms. The molecule has 0 aliphatic heterocycles. The van der Waals surface area contributed by atoms with Crippen LogP contribution in [0, 0.1) is 5.82 Å². The maximum Gasteiger partial charge on any atom is 0.123 e. The van der Waals surface area contributed by atoms with Crippen molar-refractivity contribution >= 4 is 23.2 Å². The highest BCUT2D eigenvalue weighted by molar-refractivity contribution is 6.36. The lowest BCUT2D eigenvalue weighted by molar-refractivity contribution is 0.0576. The quantitative estimate of drug-likeness (QED) is 0.879. The third-order valence-corrected chi connectivity index (χ3v) is 3.76. The number of hydrogen-bond donors (Lipinski definition) is 1. The van der Waals surface area contributed by atoms with Gasteiger partial charge in [0.1, 0.15) is 5.82 Å². The minimum Gasteiger partial charge on any atom is -0.385 e. The molecule has 0 aliphatic rings. The lowest BCUT2D eigenvalue weighted by Gasteiger charge is -2.25. The van der Waals surface area contributed by atoms with Gasteiger partial charge in [0.2, 0.25) is 0 Å². The molecule has 1 unspecified atom stereocenters. The fraction of sp³-hybridized carbons (Fsp3) is 0.200. The molecule has 0 aliphatic carbocycles. The predicted octanol–water partition coefficient (Wildman–Crippen LogP) is 4.58. The third-order valence-electron chi connectivity index (χ3n) is 3.05. The summed E-state index contributed by atoms with van der Waals surface area (Å²) in [5.74, 6) is -0.338. The van der Waals surface area contributed by atoms with E-state index in [0.717, 1.165) is 0 Å². The summed E-state index contributed by atoms with van der Waals surface area (Å²) >= 11 is 12.2. The van der Waals surface area contributed by atoms with Crippen molar-refractivity contribution in [1.82, 2.24) is 0 Å². The number of benzene rings is 2. The van der Waals surface area contributed by atoms with Crippen LogP contribution >= 0.6 is 23.2 Å². The van der Waals surface area contributed by atoms with Crippen LogP contribution in [0.5, 0.6) is 0 Å². The first-order valence-corrected chi connectivity index (χ1v) is 6.57. The van der Waals surface area contributed by atoms with Gasteiger partial charge in [-0.15, -0.1) is 0 Å². The number of rotatable bonds is 3. The molecule has 0 saturated carbocycles. The molecule has 0 heterocycles. The van der Waals surface area contributed by atoms with Crippen LogP contribution < -0.4 is 0 Å². The van der Waals surface area contributed by atoms with Crippen LogP contribution in [0.3, 0.4) is 0 Å². The Morgan fingerprint density at radius 1 is 1.05 bits per heavy atom. The van der Waals surface area contributed by atoms with Crippen LogP contribution in [0.4, 0.5) is 4.39 Å². The van der Waals surface area contributed by atoms with E-state index in [1.807, 2.05) is 0 Å². The average molecular weight is 299 g/mol. The first kappa shape index (κ1) is 14.3. The van der Waals surface area contributed by atoms with E-state index in [9.17, 15) is 9.50 Å². The van der Waals surface area contributed by atoms with Crippen molar-refractivity contribution in [3.63, 3.8) is 0 Å². The molecule has 1 atom stereocenters. The summed E-state index contributed by atoms with van der Waals surface area (Å²) in [5, 5.41) is 11.6. The highest BCUT2D eigenvalue weighted by Crippen LogP contribution is 2.32. The van der Waals surface area contributed by atoms with Gasteiger partial charge in [-0.3, -0.25) is 0 Å². The average Bonchev–Trinajstić information content (AvgIpc) is 2.35. The minimum absolute atomic E-state index is 0.261. The molecule has 2 aromatic carbocycles. The van der Waals surface area contributed by atoms with E-state index in [2.05, 4.69) is 0 Å². The van der Waals surface area contributed by atoms with E-state index < -0.39 is 5.60 Å².